The minimum Gasteiger partial charge on any atom is -0.232 e. The molecule has 0 saturated heterocycles. The molecule has 0 aromatic rings. The number of hydrogen-bond donors (Lipinski definition) is 1. The van der Waals surface area contributed by atoms with E-state index < -0.39 is 16.0 Å². The topological polar surface area (TPSA) is 60.2 Å². The summed E-state index contributed by atoms with van der Waals surface area (Å²) in [5, 5.41) is 4.13. The summed E-state index contributed by atoms with van der Waals surface area (Å²) in [5.41, 5.74) is 0. The molecule has 0 amide bonds. The first-order valence-electron chi connectivity index (χ1n) is 1.12. The van der Waals surface area contributed by atoms with Crippen LogP contribution in [0.3, 0.4) is 0 Å². The first-order valence-corrected chi connectivity index (χ1v) is 2.84. The van der Waals surface area contributed by atoms with Crippen LogP contribution in [-0.4, -0.2) is 14.4 Å². The third-order valence-electron chi connectivity index (χ3n) is 0.152. The molecular formula is CH5ClFNO2S. The van der Waals surface area contributed by atoms with Gasteiger partial charge in [0.15, 0.2) is 0 Å². The van der Waals surface area contributed by atoms with Crippen LogP contribution in [0, 0.1) is 0 Å². The molecule has 0 aliphatic rings. The van der Waals surface area contributed by atoms with Crippen molar-refractivity contribution in [3.63, 3.8) is 0 Å². The van der Waals surface area contributed by atoms with Crippen LogP contribution >= 0.6 is 12.4 Å². The Kier molecular flexibility index (Phi) is 4.62. The van der Waals surface area contributed by atoms with Gasteiger partial charge < -0.3 is 0 Å². The van der Waals surface area contributed by atoms with Crippen molar-refractivity contribution in [2.24, 2.45) is 5.14 Å². The number of primary sulfonamides is 1. The van der Waals surface area contributed by atoms with Gasteiger partial charge in [0, 0.05) is 0 Å². The van der Waals surface area contributed by atoms with Crippen LogP contribution in [0.1, 0.15) is 0 Å². The second-order valence-corrected chi connectivity index (χ2v) is 2.32. The molecule has 0 aromatic carbocycles. The summed E-state index contributed by atoms with van der Waals surface area (Å²) in [6, 6.07) is -1.48. The van der Waals surface area contributed by atoms with Gasteiger partial charge in [0.25, 0.3) is 0 Å². The lowest BCUT2D eigenvalue weighted by Gasteiger charge is -1.78. The van der Waals surface area contributed by atoms with Crippen molar-refractivity contribution in [2.45, 2.75) is 0 Å². The van der Waals surface area contributed by atoms with Gasteiger partial charge in [0.05, 0.1) is 0 Å². The highest BCUT2D eigenvalue weighted by Gasteiger charge is 1.95. The average Bonchev–Trinajstić information content (AvgIpc) is 1.35. The van der Waals surface area contributed by atoms with Crippen LogP contribution in [0.4, 0.5) is 4.39 Å². The standard InChI is InChI=1S/CH4FNO2S.ClH/c2-1-6(3,4)5;/h1H2,(H2,3,4,5);1H. The third kappa shape index (κ3) is 10.7. The first kappa shape index (κ1) is 10.2. The molecule has 0 aliphatic carbocycles. The van der Waals surface area contributed by atoms with E-state index in [2.05, 4.69) is 5.14 Å². The lowest BCUT2D eigenvalue weighted by molar-refractivity contribution is 0.536. The highest BCUT2D eigenvalue weighted by Crippen LogP contribution is 1.72. The molecule has 0 fully saturated rings. The molecule has 0 aliphatic heterocycles. The zero-order valence-electron chi connectivity index (χ0n) is 3.30. The molecule has 7 heavy (non-hydrogen) atoms. The van der Waals surface area contributed by atoms with E-state index in [0.717, 1.165) is 0 Å². The van der Waals surface area contributed by atoms with Crippen molar-refractivity contribution in [3.05, 3.63) is 0 Å². The molecular weight excluding hydrogens is 145 g/mol. The Balaban J connectivity index is 0. The first-order chi connectivity index (χ1) is 2.56. The number of nitrogens with two attached hydrogens (primary N) is 1. The molecule has 2 N–H and O–H groups in total. The maximum Gasteiger partial charge on any atom is 0.238 e. The molecule has 6 heteroatoms. The van der Waals surface area contributed by atoms with Crippen molar-refractivity contribution in [1.29, 1.82) is 0 Å². The Morgan fingerprint density at radius 2 is 1.71 bits per heavy atom. The summed E-state index contributed by atoms with van der Waals surface area (Å²) in [7, 11) is -3.83. The Morgan fingerprint density at radius 1 is 1.57 bits per heavy atom. The summed E-state index contributed by atoms with van der Waals surface area (Å²) in [5.74, 6) is 0. The van der Waals surface area contributed by atoms with Crippen LogP contribution in [-0.2, 0) is 10.0 Å². The van der Waals surface area contributed by atoms with E-state index >= 15 is 0 Å². The molecule has 0 atom stereocenters. The van der Waals surface area contributed by atoms with Gasteiger partial charge in [-0.1, -0.05) is 0 Å². The van der Waals surface area contributed by atoms with E-state index in [1.165, 1.54) is 0 Å². The van der Waals surface area contributed by atoms with Crippen molar-refractivity contribution < 1.29 is 12.8 Å². The number of hydrogen-bond acceptors (Lipinski definition) is 2. The Bertz CT molecular complexity index is 120. The largest absolute Gasteiger partial charge is 0.238 e. The third-order valence-corrected chi connectivity index (χ3v) is 0.456. The van der Waals surface area contributed by atoms with Crippen LogP contribution in [0.15, 0.2) is 0 Å². The van der Waals surface area contributed by atoms with Crippen LogP contribution < -0.4 is 5.14 Å². The van der Waals surface area contributed by atoms with Gasteiger partial charge in [0.1, 0.15) is 0 Å². The lowest BCUT2D eigenvalue weighted by atomic mass is 11.8. The highest BCUT2D eigenvalue weighted by molar-refractivity contribution is 7.88. The van der Waals surface area contributed by atoms with E-state index in [1.807, 2.05) is 0 Å². The smallest absolute Gasteiger partial charge is 0.232 e. The normalized spacial score (nSPS) is 10.0. The molecule has 0 radical (unpaired) electrons. The average molecular weight is 150 g/mol. The number of sulfonamides is 1. The quantitative estimate of drug-likeness (QED) is 0.553. The van der Waals surface area contributed by atoms with Gasteiger partial charge >= 0.3 is 0 Å². The molecule has 46 valence electrons. The Morgan fingerprint density at radius 3 is 1.71 bits per heavy atom. The van der Waals surface area contributed by atoms with E-state index in [0.29, 0.717) is 0 Å². The lowest BCUT2D eigenvalue weighted by Crippen LogP contribution is -2.12. The predicted molar refractivity (Wildman–Crippen MR) is 26.3 cm³/mol. The molecule has 0 spiro atoms. The van der Waals surface area contributed by atoms with E-state index in [-0.39, 0.29) is 12.4 Å². The fourth-order valence-corrected chi connectivity index (χ4v) is 0. The molecule has 0 rings (SSSR count). The Labute approximate surface area is 47.2 Å². The van der Waals surface area contributed by atoms with Gasteiger partial charge in [-0.05, 0) is 0 Å². The van der Waals surface area contributed by atoms with Crippen LogP contribution in [0.2, 0.25) is 0 Å². The molecule has 0 unspecified atom stereocenters. The van der Waals surface area contributed by atoms with Gasteiger partial charge in [-0.2, -0.15) is 0 Å². The number of halogens is 2. The van der Waals surface area contributed by atoms with Gasteiger partial charge in [-0.15, -0.1) is 12.4 Å². The van der Waals surface area contributed by atoms with Crippen molar-refractivity contribution >= 4 is 22.4 Å². The van der Waals surface area contributed by atoms with Crippen LogP contribution in [0.25, 0.3) is 0 Å². The summed E-state index contributed by atoms with van der Waals surface area (Å²) in [6.45, 7) is 0. The minimum atomic E-state index is -3.83. The second-order valence-electron chi connectivity index (χ2n) is 0.772. The summed E-state index contributed by atoms with van der Waals surface area (Å²) in [4.78, 5) is 0. The fraction of sp³-hybridized carbons (Fsp3) is 1.00. The molecule has 0 saturated carbocycles. The summed E-state index contributed by atoms with van der Waals surface area (Å²) < 4.78 is 29.6. The van der Waals surface area contributed by atoms with Crippen molar-refractivity contribution in [1.82, 2.24) is 0 Å². The Hall–Kier alpha value is 0.130. The number of alkyl halides is 1. The zero-order valence-corrected chi connectivity index (χ0v) is 4.93. The van der Waals surface area contributed by atoms with Crippen molar-refractivity contribution in [2.75, 3.05) is 6.01 Å². The molecule has 0 aromatic heterocycles. The predicted octanol–water partition coefficient (Wildman–Crippen LogP) is -0.376. The SMILES string of the molecule is Cl.NS(=O)(=O)CF. The maximum absolute atomic E-state index is 10.8. The molecule has 3 nitrogen and oxygen atoms in total. The summed E-state index contributed by atoms with van der Waals surface area (Å²) >= 11 is 0. The van der Waals surface area contributed by atoms with Crippen LogP contribution in [0.5, 0.6) is 0 Å². The monoisotopic (exact) mass is 149 g/mol. The van der Waals surface area contributed by atoms with Crippen molar-refractivity contribution in [3.8, 4) is 0 Å². The number of rotatable bonds is 1. The van der Waals surface area contributed by atoms with Gasteiger partial charge in [-0.3, -0.25) is 0 Å². The van der Waals surface area contributed by atoms with E-state index in [1.54, 1.807) is 0 Å². The summed E-state index contributed by atoms with van der Waals surface area (Å²) in [6.07, 6.45) is 0. The molecule has 0 bridgehead atoms. The molecule has 0 heterocycles. The zero-order chi connectivity index (χ0) is 5.21. The van der Waals surface area contributed by atoms with Gasteiger partial charge in [-0.25, -0.2) is 17.9 Å². The fourth-order valence-electron chi connectivity index (χ4n) is 0. The van der Waals surface area contributed by atoms with E-state index in [4.69, 9.17) is 0 Å². The highest BCUT2D eigenvalue weighted by atomic mass is 35.5. The minimum absolute atomic E-state index is 0. The maximum atomic E-state index is 10.8. The van der Waals surface area contributed by atoms with Gasteiger partial charge in [0.2, 0.25) is 16.0 Å². The van der Waals surface area contributed by atoms with E-state index in [9.17, 15) is 12.8 Å². The second kappa shape index (κ2) is 3.17.